The molecule has 1 unspecified atom stereocenters. The van der Waals surface area contributed by atoms with Gasteiger partial charge in [-0.2, -0.15) is 21.0 Å². The van der Waals surface area contributed by atoms with E-state index in [-0.39, 0.29) is 18.0 Å². The molecule has 1 atom stereocenters. The summed E-state index contributed by atoms with van der Waals surface area (Å²) in [4.78, 5) is 18.0. The van der Waals surface area contributed by atoms with Crippen molar-refractivity contribution < 1.29 is 49.4 Å². The number of rotatable bonds is 6. The lowest BCUT2D eigenvalue weighted by Crippen LogP contribution is -3.00. The fourth-order valence-electron chi connectivity index (χ4n) is 1.55. The highest BCUT2D eigenvalue weighted by Crippen LogP contribution is 2.53. The van der Waals surface area contributed by atoms with Gasteiger partial charge in [-0.3, -0.25) is 9.12 Å². The Kier molecular flexibility index (Phi) is 7.32. The summed E-state index contributed by atoms with van der Waals surface area (Å²) in [5.41, 5.74) is 0.137. The average molecular weight is 380 g/mol. The Morgan fingerprint density at radius 1 is 1.38 bits per heavy atom. The van der Waals surface area contributed by atoms with Crippen molar-refractivity contribution in [2.45, 2.75) is 17.6 Å². The van der Waals surface area contributed by atoms with Crippen LogP contribution < -0.4 is 17.0 Å². The molecule has 1 aromatic heterocycles. The molecule has 4 N–H and O–H groups in total. The first-order chi connectivity index (χ1) is 9.01. The molecule has 0 bridgehead atoms. The highest BCUT2D eigenvalue weighted by atomic mass is 35.5. The first kappa shape index (κ1) is 20.8. The van der Waals surface area contributed by atoms with Crippen LogP contribution in [0.25, 0.3) is 0 Å². The second kappa shape index (κ2) is 7.38. The molecule has 0 amide bonds. The molecule has 0 aliphatic rings. The van der Waals surface area contributed by atoms with Crippen molar-refractivity contribution in [1.29, 1.82) is 0 Å². The van der Waals surface area contributed by atoms with Crippen LogP contribution in [0.1, 0.15) is 5.56 Å². The number of hydrogen-bond donors (Lipinski definition) is 5. The number of halogens is 1. The standard InChI is InChI=1S/C9H14NO7PS2.ClH/c11-9(18(12,13)14,20(15,16)17)6-8-2-1-3-10(7-8)4-5-19;/h1-3,7,11H,4-6H2,(H3-,12,13,14,15,16,17,19);1H. The molecule has 0 radical (unpaired) electrons. The van der Waals surface area contributed by atoms with Gasteiger partial charge in [0.1, 0.15) is 0 Å². The van der Waals surface area contributed by atoms with Crippen LogP contribution in [0, 0.1) is 0 Å². The van der Waals surface area contributed by atoms with E-state index in [4.69, 9.17) is 14.3 Å². The molecule has 1 rings (SSSR count). The number of hydrogen-bond acceptors (Lipinski definition) is 5. The summed E-state index contributed by atoms with van der Waals surface area (Å²) in [5.74, 6) is 0.495. The Hall–Kier alpha value is -0.190. The van der Waals surface area contributed by atoms with E-state index in [9.17, 15) is 18.1 Å². The van der Waals surface area contributed by atoms with Gasteiger partial charge in [-0.25, -0.2) is 4.57 Å². The van der Waals surface area contributed by atoms with Gasteiger partial charge < -0.3 is 27.3 Å². The van der Waals surface area contributed by atoms with Crippen molar-refractivity contribution in [2.24, 2.45) is 0 Å². The minimum absolute atomic E-state index is 0. The molecule has 0 aliphatic carbocycles. The number of nitrogens with zero attached hydrogens (tertiary/aromatic N) is 1. The molecule has 0 fully saturated rings. The molecule has 0 aliphatic heterocycles. The van der Waals surface area contributed by atoms with Gasteiger partial charge in [0.05, 0.1) is 0 Å². The van der Waals surface area contributed by atoms with Crippen molar-refractivity contribution in [1.82, 2.24) is 0 Å². The fraction of sp³-hybridized carbons (Fsp3) is 0.444. The summed E-state index contributed by atoms with van der Waals surface area (Å²) in [6.07, 6.45) is 2.11. The predicted molar refractivity (Wildman–Crippen MR) is 72.7 cm³/mol. The van der Waals surface area contributed by atoms with Gasteiger partial charge in [-0.15, -0.1) is 0 Å². The maximum absolute atomic E-state index is 11.2. The maximum Gasteiger partial charge on any atom is 0.375 e. The Bertz CT molecular complexity index is 635. The summed E-state index contributed by atoms with van der Waals surface area (Å²) < 4.78 is 40.4. The molecule has 8 nitrogen and oxygen atoms in total. The number of pyridine rings is 1. The van der Waals surface area contributed by atoms with E-state index in [1.165, 1.54) is 18.3 Å². The molecule has 12 heteroatoms. The second-order valence-electron chi connectivity index (χ2n) is 4.11. The lowest BCUT2D eigenvalue weighted by atomic mass is 10.2. The Morgan fingerprint density at radius 3 is 2.38 bits per heavy atom. The molecule has 0 spiro atoms. The maximum atomic E-state index is 11.2. The van der Waals surface area contributed by atoms with Crippen LogP contribution in [-0.4, -0.2) is 38.3 Å². The molecular formula is C9H15ClNO7PS2. The Labute approximate surface area is 133 Å². The first-order valence-corrected chi connectivity index (χ1v) is 9.03. The normalized spacial score (nSPS) is 15.1. The van der Waals surface area contributed by atoms with Gasteiger partial charge in [0.15, 0.2) is 18.9 Å². The smallest absolute Gasteiger partial charge is 0.375 e. The Morgan fingerprint density at radius 2 is 1.95 bits per heavy atom. The van der Waals surface area contributed by atoms with E-state index < -0.39 is 28.8 Å². The number of aromatic nitrogens is 1. The molecule has 0 aromatic carbocycles. The van der Waals surface area contributed by atoms with E-state index in [0.29, 0.717) is 12.3 Å². The van der Waals surface area contributed by atoms with Crippen LogP contribution in [0.2, 0.25) is 0 Å². The van der Waals surface area contributed by atoms with Crippen molar-refractivity contribution >= 4 is 30.3 Å². The molecular weight excluding hydrogens is 365 g/mol. The third-order valence-electron chi connectivity index (χ3n) is 2.58. The number of aliphatic hydroxyl groups is 1. The molecule has 0 saturated carbocycles. The zero-order chi connectivity index (χ0) is 15.6. The van der Waals surface area contributed by atoms with Crippen LogP contribution in [0.15, 0.2) is 24.5 Å². The van der Waals surface area contributed by atoms with E-state index in [2.05, 4.69) is 12.6 Å². The largest absolute Gasteiger partial charge is 1.00 e. The SMILES string of the molecule is O=P(O)(O)C(O)(Cc1ccc[n+](CCS)c1)S(=O)(=O)O.[Cl-]. The minimum atomic E-state index is -5.51. The monoisotopic (exact) mass is 379 g/mol. The van der Waals surface area contributed by atoms with Gasteiger partial charge in [0.25, 0.3) is 4.67 Å². The zero-order valence-corrected chi connectivity index (χ0v) is 13.9. The predicted octanol–water partition coefficient (Wildman–Crippen LogP) is -3.84. The average Bonchev–Trinajstić information content (AvgIpc) is 2.26. The van der Waals surface area contributed by atoms with Crippen LogP contribution in [0.3, 0.4) is 0 Å². The van der Waals surface area contributed by atoms with Crippen molar-refractivity contribution in [3.63, 3.8) is 0 Å². The van der Waals surface area contributed by atoms with Gasteiger partial charge >= 0.3 is 17.7 Å². The summed E-state index contributed by atoms with van der Waals surface area (Å²) >= 11 is 4.01. The first-order valence-electron chi connectivity index (χ1n) is 5.35. The van der Waals surface area contributed by atoms with Gasteiger partial charge in [-0.05, 0) is 6.07 Å². The summed E-state index contributed by atoms with van der Waals surface area (Å²) in [7, 11) is -10.9. The van der Waals surface area contributed by atoms with Crippen LogP contribution in [0.5, 0.6) is 0 Å². The van der Waals surface area contributed by atoms with Crippen molar-refractivity contribution in [2.75, 3.05) is 5.75 Å². The van der Waals surface area contributed by atoms with Gasteiger partial charge in [-0.1, -0.05) is 0 Å². The summed E-state index contributed by atoms with van der Waals surface area (Å²) in [5, 5.41) is 9.73. The third kappa shape index (κ3) is 4.90. The van der Waals surface area contributed by atoms with E-state index in [0.717, 1.165) is 0 Å². The molecule has 1 aromatic rings. The van der Waals surface area contributed by atoms with E-state index >= 15 is 0 Å². The summed E-state index contributed by atoms with van der Waals surface area (Å²) in [6, 6.07) is 2.89. The van der Waals surface area contributed by atoms with Crippen LogP contribution >= 0.6 is 20.2 Å². The van der Waals surface area contributed by atoms with Gasteiger partial charge in [0, 0.05) is 23.8 Å². The lowest BCUT2D eigenvalue weighted by molar-refractivity contribution is -0.692. The third-order valence-corrected chi connectivity index (χ3v) is 6.23. The molecule has 0 saturated heterocycles. The topological polar surface area (TPSA) is 136 Å². The fourth-order valence-corrected chi connectivity index (χ4v) is 3.72. The van der Waals surface area contributed by atoms with E-state index in [1.54, 1.807) is 10.8 Å². The van der Waals surface area contributed by atoms with Crippen LogP contribution in [0.4, 0.5) is 0 Å². The lowest BCUT2D eigenvalue weighted by Gasteiger charge is -2.24. The van der Waals surface area contributed by atoms with E-state index in [1.807, 2.05) is 0 Å². The van der Waals surface area contributed by atoms with Gasteiger partial charge in [0.2, 0.25) is 0 Å². The van der Waals surface area contributed by atoms with Crippen molar-refractivity contribution in [3.8, 4) is 0 Å². The van der Waals surface area contributed by atoms with Crippen molar-refractivity contribution in [3.05, 3.63) is 30.1 Å². The highest BCUT2D eigenvalue weighted by molar-refractivity contribution is 7.94. The van der Waals surface area contributed by atoms with Crippen LogP contribution in [-0.2, 0) is 27.6 Å². The molecule has 21 heavy (non-hydrogen) atoms. The highest BCUT2D eigenvalue weighted by Gasteiger charge is 2.56. The number of thiol groups is 1. The summed E-state index contributed by atoms with van der Waals surface area (Å²) in [6.45, 7) is 0.483. The Balaban J connectivity index is 0.00000400. The second-order valence-corrected chi connectivity index (χ2v) is 8.32. The minimum Gasteiger partial charge on any atom is -1.00 e. The number of aryl methyl sites for hydroxylation is 1. The molecule has 122 valence electrons. The molecule has 1 heterocycles. The zero-order valence-electron chi connectivity index (χ0n) is 10.6. The quantitative estimate of drug-likeness (QED) is 0.148.